The Hall–Kier alpha value is -2.59. The van der Waals surface area contributed by atoms with E-state index in [1.165, 1.54) is 16.0 Å². The number of anilines is 1. The Morgan fingerprint density at radius 3 is 2.33 bits per heavy atom. The van der Waals surface area contributed by atoms with Crippen LogP contribution in [0.25, 0.3) is 11.1 Å². The van der Waals surface area contributed by atoms with Crippen molar-refractivity contribution in [2.24, 2.45) is 0 Å². The number of amides is 1. The number of carbonyl (C=O) groups excluding carboxylic acids is 1. The molecule has 0 unspecified atom stereocenters. The van der Waals surface area contributed by atoms with E-state index in [0.717, 1.165) is 5.69 Å². The standard InChI is InChI=1S/C20H20N2OS/c1-22(15-19-8-5-13-24-19)20(23)14-21-18-11-9-17(10-12-18)16-6-3-2-4-7-16/h2-13,21H,14-15H2,1H3. The van der Waals surface area contributed by atoms with Crippen LogP contribution in [0.3, 0.4) is 0 Å². The smallest absolute Gasteiger partial charge is 0.241 e. The highest BCUT2D eigenvalue weighted by atomic mass is 32.1. The van der Waals surface area contributed by atoms with Crippen molar-refractivity contribution in [2.75, 3.05) is 18.9 Å². The molecule has 3 aromatic rings. The van der Waals surface area contributed by atoms with Gasteiger partial charge in [0.25, 0.3) is 0 Å². The van der Waals surface area contributed by atoms with Gasteiger partial charge in [-0.1, -0.05) is 48.5 Å². The molecule has 2 aromatic carbocycles. The first kappa shape index (κ1) is 16.3. The molecule has 4 heteroatoms. The van der Waals surface area contributed by atoms with E-state index < -0.39 is 0 Å². The summed E-state index contributed by atoms with van der Waals surface area (Å²) in [4.78, 5) is 15.1. The van der Waals surface area contributed by atoms with Crippen LogP contribution >= 0.6 is 11.3 Å². The number of hydrogen-bond acceptors (Lipinski definition) is 3. The van der Waals surface area contributed by atoms with E-state index in [4.69, 9.17) is 0 Å². The number of carbonyl (C=O) groups is 1. The van der Waals surface area contributed by atoms with E-state index in [-0.39, 0.29) is 5.91 Å². The molecule has 0 aliphatic carbocycles. The van der Waals surface area contributed by atoms with E-state index in [1.807, 2.05) is 54.9 Å². The Bertz CT molecular complexity index is 767. The van der Waals surface area contributed by atoms with Gasteiger partial charge in [0.15, 0.2) is 0 Å². The molecule has 0 aliphatic rings. The minimum atomic E-state index is 0.0792. The largest absolute Gasteiger partial charge is 0.376 e. The number of likely N-dealkylation sites (N-methyl/N-ethyl adjacent to an activating group) is 1. The summed E-state index contributed by atoms with van der Waals surface area (Å²) in [5.74, 6) is 0.0792. The zero-order valence-electron chi connectivity index (χ0n) is 13.6. The second-order valence-electron chi connectivity index (χ2n) is 5.63. The van der Waals surface area contributed by atoms with Gasteiger partial charge in [0.1, 0.15) is 0 Å². The van der Waals surface area contributed by atoms with Gasteiger partial charge in [-0.05, 0) is 34.7 Å². The summed E-state index contributed by atoms with van der Waals surface area (Å²) in [6.07, 6.45) is 0. The first-order valence-corrected chi connectivity index (χ1v) is 8.76. The molecule has 3 nitrogen and oxygen atoms in total. The van der Waals surface area contributed by atoms with Crippen molar-refractivity contribution in [3.05, 3.63) is 77.0 Å². The summed E-state index contributed by atoms with van der Waals surface area (Å²) in [5, 5.41) is 5.22. The molecule has 0 spiro atoms. The molecule has 0 saturated carbocycles. The normalized spacial score (nSPS) is 10.4. The third kappa shape index (κ3) is 4.24. The number of nitrogens with zero attached hydrogens (tertiary/aromatic N) is 1. The molecule has 24 heavy (non-hydrogen) atoms. The van der Waals surface area contributed by atoms with Gasteiger partial charge in [0.2, 0.25) is 5.91 Å². The fourth-order valence-corrected chi connectivity index (χ4v) is 3.21. The van der Waals surface area contributed by atoms with Gasteiger partial charge in [0.05, 0.1) is 13.1 Å². The Kier molecular flexibility index (Phi) is 5.29. The molecule has 1 amide bonds. The molecule has 0 atom stereocenters. The Morgan fingerprint density at radius 2 is 1.67 bits per heavy atom. The van der Waals surface area contributed by atoms with Crippen LogP contribution in [0.4, 0.5) is 5.69 Å². The molecule has 122 valence electrons. The summed E-state index contributed by atoms with van der Waals surface area (Å²) in [6, 6.07) is 22.5. The van der Waals surface area contributed by atoms with Gasteiger partial charge in [-0.15, -0.1) is 11.3 Å². The lowest BCUT2D eigenvalue weighted by Crippen LogP contribution is -2.31. The van der Waals surface area contributed by atoms with Crippen molar-refractivity contribution in [1.29, 1.82) is 0 Å². The van der Waals surface area contributed by atoms with Crippen LogP contribution < -0.4 is 5.32 Å². The number of hydrogen-bond donors (Lipinski definition) is 1. The molecule has 0 bridgehead atoms. The number of rotatable bonds is 6. The molecule has 3 rings (SSSR count). The maximum Gasteiger partial charge on any atom is 0.241 e. The zero-order chi connectivity index (χ0) is 16.8. The second kappa shape index (κ2) is 7.79. The van der Waals surface area contributed by atoms with Crippen molar-refractivity contribution in [3.63, 3.8) is 0 Å². The summed E-state index contributed by atoms with van der Waals surface area (Å²) in [6.45, 7) is 0.956. The fraction of sp³-hybridized carbons (Fsp3) is 0.150. The van der Waals surface area contributed by atoms with Crippen LogP contribution in [-0.2, 0) is 11.3 Å². The molecular formula is C20H20N2OS. The van der Waals surface area contributed by atoms with Crippen LogP contribution in [0.1, 0.15) is 4.88 Å². The quantitative estimate of drug-likeness (QED) is 0.719. The fourth-order valence-electron chi connectivity index (χ4n) is 2.45. The Labute approximate surface area is 146 Å². The highest BCUT2D eigenvalue weighted by Crippen LogP contribution is 2.21. The van der Waals surface area contributed by atoms with Gasteiger partial charge >= 0.3 is 0 Å². The summed E-state index contributed by atoms with van der Waals surface area (Å²) in [5.41, 5.74) is 3.31. The predicted octanol–water partition coefficient (Wildman–Crippen LogP) is 4.49. The van der Waals surface area contributed by atoms with Crippen LogP contribution in [0.5, 0.6) is 0 Å². The van der Waals surface area contributed by atoms with Crippen molar-refractivity contribution in [2.45, 2.75) is 6.54 Å². The van der Waals surface area contributed by atoms with Crippen molar-refractivity contribution < 1.29 is 4.79 Å². The minimum Gasteiger partial charge on any atom is -0.376 e. The third-order valence-corrected chi connectivity index (χ3v) is 4.70. The molecule has 0 aliphatic heterocycles. The summed E-state index contributed by atoms with van der Waals surface area (Å²) < 4.78 is 0. The number of thiophene rings is 1. The predicted molar refractivity (Wildman–Crippen MR) is 101 cm³/mol. The third-order valence-electron chi connectivity index (χ3n) is 3.83. The molecule has 1 N–H and O–H groups in total. The van der Waals surface area contributed by atoms with Crippen molar-refractivity contribution >= 4 is 22.9 Å². The maximum atomic E-state index is 12.2. The van der Waals surface area contributed by atoms with Gasteiger partial charge < -0.3 is 10.2 Å². The molecule has 0 saturated heterocycles. The first-order valence-electron chi connectivity index (χ1n) is 7.88. The van der Waals surface area contributed by atoms with E-state index in [9.17, 15) is 4.79 Å². The van der Waals surface area contributed by atoms with Crippen LogP contribution in [0, 0.1) is 0 Å². The van der Waals surface area contributed by atoms with E-state index in [1.54, 1.807) is 16.2 Å². The molecule has 1 heterocycles. The van der Waals surface area contributed by atoms with E-state index >= 15 is 0 Å². The monoisotopic (exact) mass is 336 g/mol. The molecular weight excluding hydrogens is 316 g/mol. The van der Waals surface area contributed by atoms with Gasteiger partial charge in [-0.25, -0.2) is 0 Å². The summed E-state index contributed by atoms with van der Waals surface area (Å²) in [7, 11) is 1.84. The van der Waals surface area contributed by atoms with Crippen LogP contribution in [0.2, 0.25) is 0 Å². The van der Waals surface area contributed by atoms with E-state index in [2.05, 4.69) is 29.6 Å². The molecule has 0 fully saturated rings. The maximum absolute atomic E-state index is 12.2. The topological polar surface area (TPSA) is 32.3 Å². The minimum absolute atomic E-state index is 0.0792. The lowest BCUT2D eigenvalue weighted by Gasteiger charge is -2.17. The van der Waals surface area contributed by atoms with Gasteiger partial charge in [0, 0.05) is 17.6 Å². The van der Waals surface area contributed by atoms with Crippen LogP contribution in [0.15, 0.2) is 72.1 Å². The average molecular weight is 336 g/mol. The van der Waals surface area contributed by atoms with Crippen molar-refractivity contribution in [3.8, 4) is 11.1 Å². The lowest BCUT2D eigenvalue weighted by atomic mass is 10.1. The van der Waals surface area contributed by atoms with Gasteiger partial charge in [-0.3, -0.25) is 4.79 Å². The Balaban J connectivity index is 1.54. The lowest BCUT2D eigenvalue weighted by molar-refractivity contribution is -0.128. The molecule has 1 aromatic heterocycles. The zero-order valence-corrected chi connectivity index (χ0v) is 14.4. The molecule has 0 radical (unpaired) electrons. The second-order valence-corrected chi connectivity index (χ2v) is 6.66. The SMILES string of the molecule is CN(Cc1cccs1)C(=O)CNc1ccc(-c2ccccc2)cc1. The van der Waals surface area contributed by atoms with Crippen LogP contribution in [-0.4, -0.2) is 24.4 Å². The summed E-state index contributed by atoms with van der Waals surface area (Å²) >= 11 is 1.67. The highest BCUT2D eigenvalue weighted by molar-refractivity contribution is 7.09. The number of benzene rings is 2. The van der Waals surface area contributed by atoms with Gasteiger partial charge in [-0.2, -0.15) is 0 Å². The number of nitrogens with one attached hydrogen (secondary N) is 1. The van der Waals surface area contributed by atoms with E-state index in [0.29, 0.717) is 13.1 Å². The Morgan fingerprint density at radius 1 is 0.958 bits per heavy atom. The van der Waals surface area contributed by atoms with Crippen molar-refractivity contribution in [1.82, 2.24) is 4.90 Å². The highest BCUT2D eigenvalue weighted by Gasteiger charge is 2.09. The average Bonchev–Trinajstić information content (AvgIpc) is 3.14. The first-order chi connectivity index (χ1) is 11.7.